The molecule has 2 rings (SSSR count). The minimum atomic E-state index is 0.547. The predicted molar refractivity (Wildman–Crippen MR) is 58.7 cm³/mol. The molecule has 0 spiro atoms. The molecule has 1 aliphatic rings. The van der Waals surface area contributed by atoms with E-state index in [9.17, 15) is 0 Å². The fraction of sp³-hybridized carbons (Fsp3) is 0.455. The lowest BCUT2D eigenvalue weighted by atomic mass is 10.0. The fourth-order valence-corrected chi connectivity index (χ4v) is 2.47. The van der Waals surface area contributed by atoms with Crippen molar-refractivity contribution in [3.63, 3.8) is 0 Å². The molecule has 2 unspecified atom stereocenters. The van der Waals surface area contributed by atoms with Gasteiger partial charge in [-0.05, 0) is 30.5 Å². The molecule has 2 heteroatoms. The number of hydrogen-bond donors (Lipinski definition) is 1. The Morgan fingerprint density at radius 3 is 2.77 bits per heavy atom. The first-order valence-corrected chi connectivity index (χ1v) is 5.54. The van der Waals surface area contributed by atoms with Gasteiger partial charge in [-0.25, -0.2) is 0 Å². The second-order valence-corrected chi connectivity index (χ2v) is 4.68. The van der Waals surface area contributed by atoms with Crippen molar-refractivity contribution in [3.8, 4) is 0 Å². The second kappa shape index (κ2) is 3.81. The third-order valence-corrected chi connectivity index (χ3v) is 3.35. The van der Waals surface area contributed by atoms with Crippen LogP contribution in [0, 0.1) is 5.92 Å². The van der Waals surface area contributed by atoms with E-state index < -0.39 is 0 Å². The Balaban J connectivity index is 2.21. The number of halogens is 1. The molecule has 1 fully saturated rings. The van der Waals surface area contributed by atoms with Crippen LogP contribution in [0.5, 0.6) is 0 Å². The minimum absolute atomic E-state index is 0.547. The Kier molecular flexibility index (Phi) is 2.70. The minimum Gasteiger partial charge on any atom is -0.310 e. The lowest BCUT2D eigenvalue weighted by Gasteiger charge is -2.12. The molecule has 70 valence electrons. The van der Waals surface area contributed by atoms with Crippen LogP contribution < -0.4 is 5.32 Å². The molecule has 0 saturated carbocycles. The van der Waals surface area contributed by atoms with E-state index in [-0.39, 0.29) is 0 Å². The van der Waals surface area contributed by atoms with E-state index in [1.165, 1.54) is 16.5 Å². The van der Waals surface area contributed by atoms with E-state index in [0.717, 1.165) is 12.5 Å². The van der Waals surface area contributed by atoms with Gasteiger partial charge in [-0.1, -0.05) is 41.1 Å². The Bertz CT molecular complexity index is 298. The number of rotatable bonds is 1. The first-order chi connectivity index (χ1) is 6.27. The molecule has 2 atom stereocenters. The van der Waals surface area contributed by atoms with Crippen LogP contribution in [0.2, 0.25) is 0 Å². The molecule has 0 aromatic heterocycles. The number of nitrogens with one attached hydrogen (secondary N) is 1. The van der Waals surface area contributed by atoms with Crippen molar-refractivity contribution in [2.75, 3.05) is 6.54 Å². The summed E-state index contributed by atoms with van der Waals surface area (Å²) in [6.45, 7) is 3.44. The smallest absolute Gasteiger partial charge is 0.0334 e. The van der Waals surface area contributed by atoms with Crippen molar-refractivity contribution in [1.29, 1.82) is 0 Å². The molecular formula is C11H14BrN. The molecule has 1 saturated heterocycles. The van der Waals surface area contributed by atoms with Gasteiger partial charge in [-0.3, -0.25) is 0 Å². The Morgan fingerprint density at radius 1 is 1.38 bits per heavy atom. The molecule has 0 amide bonds. The van der Waals surface area contributed by atoms with Crippen molar-refractivity contribution in [1.82, 2.24) is 5.32 Å². The van der Waals surface area contributed by atoms with Gasteiger partial charge in [0.25, 0.3) is 0 Å². The zero-order chi connectivity index (χ0) is 9.26. The quantitative estimate of drug-likeness (QED) is 0.795. The van der Waals surface area contributed by atoms with Gasteiger partial charge in [0.2, 0.25) is 0 Å². The van der Waals surface area contributed by atoms with Crippen LogP contribution in [0.15, 0.2) is 28.7 Å². The molecule has 1 aliphatic heterocycles. The summed E-state index contributed by atoms with van der Waals surface area (Å²) in [4.78, 5) is 0. The summed E-state index contributed by atoms with van der Waals surface area (Å²) in [6.07, 6.45) is 1.25. The van der Waals surface area contributed by atoms with Crippen molar-refractivity contribution >= 4 is 15.9 Å². The Morgan fingerprint density at radius 2 is 2.15 bits per heavy atom. The number of benzene rings is 1. The third-order valence-electron chi connectivity index (χ3n) is 2.63. The summed E-state index contributed by atoms with van der Waals surface area (Å²) in [7, 11) is 0. The molecule has 0 bridgehead atoms. The van der Waals surface area contributed by atoms with Gasteiger partial charge in [0, 0.05) is 10.5 Å². The average Bonchev–Trinajstić information content (AvgIpc) is 2.53. The molecule has 1 nitrogen and oxygen atoms in total. The van der Waals surface area contributed by atoms with E-state index in [1.54, 1.807) is 0 Å². The molecule has 0 aliphatic carbocycles. The lowest BCUT2D eigenvalue weighted by molar-refractivity contribution is 0.610. The van der Waals surface area contributed by atoms with E-state index >= 15 is 0 Å². The van der Waals surface area contributed by atoms with Crippen LogP contribution in [-0.2, 0) is 0 Å². The molecule has 0 radical (unpaired) electrons. The number of hydrogen-bond acceptors (Lipinski definition) is 1. The molecule has 13 heavy (non-hydrogen) atoms. The van der Waals surface area contributed by atoms with Gasteiger partial charge < -0.3 is 5.32 Å². The highest BCUT2D eigenvalue weighted by atomic mass is 79.9. The molecule has 1 heterocycles. The highest BCUT2D eigenvalue weighted by Gasteiger charge is 2.22. The van der Waals surface area contributed by atoms with Crippen LogP contribution in [0.3, 0.4) is 0 Å². The van der Waals surface area contributed by atoms with Gasteiger partial charge in [0.05, 0.1) is 0 Å². The summed E-state index contributed by atoms with van der Waals surface area (Å²) in [5, 5.41) is 3.53. The summed E-state index contributed by atoms with van der Waals surface area (Å²) in [6, 6.07) is 9.02. The highest BCUT2D eigenvalue weighted by molar-refractivity contribution is 9.10. The summed E-state index contributed by atoms with van der Waals surface area (Å²) >= 11 is 3.59. The molecular weight excluding hydrogens is 226 g/mol. The SMILES string of the molecule is CC1CNC(c2ccccc2Br)C1. The maximum absolute atomic E-state index is 3.59. The zero-order valence-electron chi connectivity index (χ0n) is 7.76. The highest BCUT2D eigenvalue weighted by Crippen LogP contribution is 2.31. The summed E-state index contributed by atoms with van der Waals surface area (Å²) in [5.41, 5.74) is 1.40. The first-order valence-electron chi connectivity index (χ1n) is 4.75. The van der Waals surface area contributed by atoms with Crippen LogP contribution in [0.25, 0.3) is 0 Å². The maximum Gasteiger partial charge on any atom is 0.0334 e. The monoisotopic (exact) mass is 239 g/mol. The first kappa shape index (κ1) is 9.22. The fourth-order valence-electron chi connectivity index (χ4n) is 1.91. The van der Waals surface area contributed by atoms with Gasteiger partial charge >= 0.3 is 0 Å². The molecule has 1 aromatic carbocycles. The third kappa shape index (κ3) is 1.94. The van der Waals surface area contributed by atoms with E-state index in [1.807, 2.05) is 0 Å². The predicted octanol–water partition coefficient (Wildman–Crippen LogP) is 3.12. The summed E-state index contributed by atoms with van der Waals surface area (Å²) < 4.78 is 1.22. The van der Waals surface area contributed by atoms with Crippen LogP contribution in [-0.4, -0.2) is 6.54 Å². The van der Waals surface area contributed by atoms with Gasteiger partial charge in [-0.15, -0.1) is 0 Å². The Hall–Kier alpha value is -0.340. The maximum atomic E-state index is 3.59. The normalized spacial score (nSPS) is 27.8. The largest absolute Gasteiger partial charge is 0.310 e. The van der Waals surface area contributed by atoms with Crippen molar-refractivity contribution < 1.29 is 0 Å². The standard InChI is InChI=1S/C11H14BrN/c1-8-6-11(13-7-8)9-4-2-3-5-10(9)12/h2-5,8,11,13H,6-7H2,1H3. The van der Waals surface area contributed by atoms with E-state index in [2.05, 4.69) is 52.4 Å². The van der Waals surface area contributed by atoms with Crippen molar-refractivity contribution in [2.24, 2.45) is 5.92 Å². The summed E-state index contributed by atoms with van der Waals surface area (Å²) in [5.74, 6) is 0.803. The van der Waals surface area contributed by atoms with Crippen LogP contribution >= 0.6 is 15.9 Å². The van der Waals surface area contributed by atoms with Crippen molar-refractivity contribution in [3.05, 3.63) is 34.3 Å². The van der Waals surface area contributed by atoms with Crippen LogP contribution in [0.1, 0.15) is 24.9 Å². The molecule has 1 N–H and O–H groups in total. The van der Waals surface area contributed by atoms with Gasteiger partial charge in [0.15, 0.2) is 0 Å². The zero-order valence-corrected chi connectivity index (χ0v) is 9.34. The van der Waals surface area contributed by atoms with E-state index in [0.29, 0.717) is 6.04 Å². The van der Waals surface area contributed by atoms with Gasteiger partial charge in [-0.2, -0.15) is 0 Å². The van der Waals surface area contributed by atoms with Crippen LogP contribution in [0.4, 0.5) is 0 Å². The Labute approximate surface area is 87.7 Å². The second-order valence-electron chi connectivity index (χ2n) is 3.82. The lowest BCUT2D eigenvalue weighted by Crippen LogP contribution is -2.13. The van der Waals surface area contributed by atoms with E-state index in [4.69, 9.17) is 0 Å². The average molecular weight is 240 g/mol. The topological polar surface area (TPSA) is 12.0 Å². The van der Waals surface area contributed by atoms with Gasteiger partial charge in [0.1, 0.15) is 0 Å². The van der Waals surface area contributed by atoms with Crippen molar-refractivity contribution in [2.45, 2.75) is 19.4 Å². The molecule has 1 aromatic rings.